The van der Waals surface area contributed by atoms with Crippen LogP contribution in [0, 0.1) is 0 Å². The summed E-state index contributed by atoms with van der Waals surface area (Å²) in [7, 11) is 0. The van der Waals surface area contributed by atoms with Crippen LogP contribution in [0.3, 0.4) is 0 Å². The van der Waals surface area contributed by atoms with Gasteiger partial charge in [-0.25, -0.2) is 0 Å². The zero-order valence-corrected chi connectivity index (χ0v) is 16.7. The van der Waals surface area contributed by atoms with Crippen LogP contribution in [0.15, 0.2) is 71.6 Å². The third-order valence-electron chi connectivity index (χ3n) is 2.59. The molecule has 0 N–H and O–H groups in total. The maximum absolute atomic E-state index is 11.3. The molecule has 0 fully saturated rings. The molecule has 0 aromatic heterocycles. The van der Waals surface area contributed by atoms with Gasteiger partial charge in [0.15, 0.2) is 0 Å². The molecule has 0 aromatic carbocycles. The largest absolute Gasteiger partial charge is 2.00 e. The van der Waals surface area contributed by atoms with Crippen LogP contribution in [0.5, 0.6) is 0 Å². The molecule has 4 nitrogen and oxygen atoms in total. The van der Waals surface area contributed by atoms with E-state index >= 15 is 0 Å². The Morgan fingerprint density at radius 3 is 1.08 bits per heavy atom. The third kappa shape index (κ3) is 9.90. The molecule has 5 heteroatoms. The van der Waals surface area contributed by atoms with E-state index in [0.717, 1.165) is 0 Å². The topological polar surface area (TPSA) is 64.6 Å². The first kappa shape index (κ1) is 23.2. The summed E-state index contributed by atoms with van der Waals surface area (Å²) in [6, 6.07) is 0. The van der Waals surface area contributed by atoms with E-state index in [0.29, 0.717) is 11.1 Å². The molecule has 2 aliphatic rings. The normalized spacial score (nSPS) is 14.8. The van der Waals surface area contributed by atoms with E-state index in [9.17, 15) is 10.2 Å². The zero-order chi connectivity index (χ0) is 18.4. The van der Waals surface area contributed by atoms with Crippen LogP contribution in [0.1, 0.15) is 41.5 Å². The Morgan fingerprint density at radius 2 is 0.880 bits per heavy atom. The molecule has 0 radical (unpaired) electrons. The van der Waals surface area contributed by atoms with Gasteiger partial charge in [-0.2, -0.15) is 0 Å². The van der Waals surface area contributed by atoms with Crippen molar-refractivity contribution in [3.63, 3.8) is 0 Å². The van der Waals surface area contributed by atoms with Crippen LogP contribution in [-0.4, -0.2) is 11.2 Å². The van der Waals surface area contributed by atoms with Crippen LogP contribution >= 0.6 is 0 Å². The number of ether oxygens (including phenoxy) is 2. The van der Waals surface area contributed by atoms with Gasteiger partial charge in [0.25, 0.3) is 0 Å². The molecule has 0 saturated heterocycles. The van der Waals surface area contributed by atoms with Crippen molar-refractivity contribution in [1.82, 2.24) is 0 Å². The van der Waals surface area contributed by atoms with Crippen LogP contribution < -0.4 is 10.2 Å². The van der Waals surface area contributed by atoms with Crippen molar-refractivity contribution in [3.8, 4) is 0 Å². The second-order valence-corrected chi connectivity index (χ2v) is 7.35. The number of allylic oxidation sites excluding steroid dienone is 10. The Balaban J connectivity index is 0.000000443. The number of hydrogen-bond donors (Lipinski definition) is 0. The smallest absolute Gasteiger partial charge is 0.607 e. The van der Waals surface area contributed by atoms with Gasteiger partial charge in [-0.1, -0.05) is 90.2 Å². The van der Waals surface area contributed by atoms with Crippen LogP contribution in [-0.2, 0) is 26.5 Å². The summed E-state index contributed by atoms with van der Waals surface area (Å²) in [5.41, 5.74) is 0.415. The standard InChI is InChI=1S/2C10H14O2.Fe/c2*1-10(2,3)12-9(11)8-6-4-5-7-8;/h2*4-7,11H,1-3H3;/q;;+2/p-2. The number of rotatable bonds is 2. The Kier molecular flexibility index (Phi) is 8.89. The first-order valence-electron chi connectivity index (χ1n) is 7.88. The van der Waals surface area contributed by atoms with Gasteiger partial charge in [-0.3, -0.25) is 0 Å². The van der Waals surface area contributed by atoms with E-state index in [4.69, 9.17) is 9.47 Å². The first-order chi connectivity index (χ1) is 11.0. The van der Waals surface area contributed by atoms with Crippen molar-refractivity contribution in [2.24, 2.45) is 0 Å². The van der Waals surface area contributed by atoms with Crippen molar-refractivity contribution in [3.05, 3.63) is 71.6 Å². The fourth-order valence-electron chi connectivity index (χ4n) is 1.69. The van der Waals surface area contributed by atoms with Gasteiger partial charge in [-0.05, 0) is 11.1 Å². The summed E-state index contributed by atoms with van der Waals surface area (Å²) >= 11 is 0. The summed E-state index contributed by atoms with van der Waals surface area (Å²) in [6.07, 6.45) is 14.3. The second kappa shape index (κ2) is 9.59. The minimum absolute atomic E-state index is 0. The maximum atomic E-state index is 11.3. The fourth-order valence-corrected chi connectivity index (χ4v) is 1.69. The molecule has 0 heterocycles. The van der Waals surface area contributed by atoms with Gasteiger partial charge in [0.1, 0.15) is 0 Å². The molecule has 25 heavy (non-hydrogen) atoms. The summed E-state index contributed by atoms with van der Waals surface area (Å²) in [4.78, 5) is 0. The second-order valence-electron chi connectivity index (χ2n) is 7.35. The van der Waals surface area contributed by atoms with Crippen LogP contribution in [0.25, 0.3) is 0 Å². The molecule has 138 valence electrons. The van der Waals surface area contributed by atoms with Crippen LogP contribution in [0.4, 0.5) is 0 Å². The van der Waals surface area contributed by atoms with Crippen molar-refractivity contribution < 1.29 is 36.8 Å². The van der Waals surface area contributed by atoms with Gasteiger partial charge in [0.2, 0.25) is 0 Å². The Bertz CT molecular complexity index is 537. The summed E-state index contributed by atoms with van der Waals surface area (Å²) < 4.78 is 10.3. The molecule has 2 aliphatic carbocycles. The van der Waals surface area contributed by atoms with E-state index in [1.165, 1.54) is 0 Å². The monoisotopic (exact) mass is 386 g/mol. The van der Waals surface area contributed by atoms with E-state index in [2.05, 4.69) is 0 Å². The quantitative estimate of drug-likeness (QED) is 0.541. The van der Waals surface area contributed by atoms with Crippen molar-refractivity contribution in [2.75, 3.05) is 0 Å². The minimum atomic E-state index is -0.408. The van der Waals surface area contributed by atoms with Gasteiger partial charge >= 0.3 is 17.1 Å². The molecule has 0 saturated carbocycles. The summed E-state index contributed by atoms with van der Waals surface area (Å²) in [5.74, 6) is -0.514. The van der Waals surface area contributed by atoms with Crippen molar-refractivity contribution >= 4 is 0 Å². The molecule has 0 atom stereocenters. The van der Waals surface area contributed by atoms with Gasteiger partial charge in [-0.15, -0.1) is 0 Å². The Hall–Kier alpha value is -1.84. The Labute approximate surface area is 161 Å². The summed E-state index contributed by atoms with van der Waals surface area (Å²) in [6.45, 7) is 11.1. The van der Waals surface area contributed by atoms with E-state index in [1.807, 2.05) is 65.8 Å². The van der Waals surface area contributed by atoms with E-state index < -0.39 is 11.2 Å². The molecular formula is C20H26FeO4. The SMILES string of the molecule is CC(C)(C)OC([O-])=C1C=CC=C1.CC(C)(C)OC([O-])=C1C=CC=C1.[Fe+2]. The van der Waals surface area contributed by atoms with E-state index in [-0.39, 0.29) is 29.0 Å². The van der Waals surface area contributed by atoms with Gasteiger partial charge in [0, 0.05) is 11.2 Å². The maximum Gasteiger partial charge on any atom is 2.00 e. The molecule has 0 aliphatic heterocycles. The first-order valence-corrected chi connectivity index (χ1v) is 7.88. The average molecular weight is 386 g/mol. The average Bonchev–Trinajstić information content (AvgIpc) is 3.10. The fraction of sp³-hybridized carbons (Fsp3) is 0.400. The molecule has 0 aromatic rings. The van der Waals surface area contributed by atoms with Crippen molar-refractivity contribution in [2.45, 2.75) is 52.7 Å². The van der Waals surface area contributed by atoms with Crippen LogP contribution in [0.2, 0.25) is 0 Å². The molecule has 0 bridgehead atoms. The predicted molar refractivity (Wildman–Crippen MR) is 92.3 cm³/mol. The Morgan fingerprint density at radius 1 is 0.640 bits per heavy atom. The zero-order valence-electron chi connectivity index (χ0n) is 15.6. The van der Waals surface area contributed by atoms with E-state index in [1.54, 1.807) is 24.3 Å². The van der Waals surface area contributed by atoms with Gasteiger partial charge in [0.05, 0.1) is 11.9 Å². The molecule has 0 amide bonds. The molecular weight excluding hydrogens is 360 g/mol. The van der Waals surface area contributed by atoms with Gasteiger partial charge < -0.3 is 19.7 Å². The third-order valence-corrected chi connectivity index (χ3v) is 2.59. The van der Waals surface area contributed by atoms with Crippen molar-refractivity contribution in [1.29, 1.82) is 0 Å². The predicted octanol–water partition coefficient (Wildman–Crippen LogP) is 3.00. The molecule has 2 rings (SSSR count). The minimum Gasteiger partial charge on any atom is -0.607 e. The molecule has 0 spiro atoms. The summed E-state index contributed by atoms with van der Waals surface area (Å²) in [5, 5.41) is 22.6. The molecule has 0 unspecified atom stereocenters. The number of hydrogen-bond acceptors (Lipinski definition) is 4.